The zero-order valence-corrected chi connectivity index (χ0v) is 15.8. The number of nitrogens with zero attached hydrogens (tertiary/aromatic N) is 1. The lowest BCUT2D eigenvalue weighted by Gasteiger charge is -2.22. The Kier molecular flexibility index (Phi) is 9.21. The lowest BCUT2D eigenvalue weighted by atomic mass is 10.1. The Bertz CT molecular complexity index is 584. The van der Waals surface area contributed by atoms with E-state index in [2.05, 4.69) is 0 Å². The smallest absolute Gasteiger partial charge is 0.410 e. The number of carbonyl (C=O) groups excluding carboxylic acids is 3. The molecule has 0 aliphatic carbocycles. The molecule has 0 aliphatic heterocycles. The van der Waals surface area contributed by atoms with Gasteiger partial charge in [0.2, 0.25) is 0 Å². The van der Waals surface area contributed by atoms with Crippen LogP contribution in [0, 0.1) is 5.92 Å². The van der Waals surface area contributed by atoms with Crippen molar-refractivity contribution < 1.29 is 19.1 Å². The Morgan fingerprint density at radius 1 is 1.08 bits per heavy atom. The summed E-state index contributed by atoms with van der Waals surface area (Å²) >= 11 is 5.87. The summed E-state index contributed by atoms with van der Waals surface area (Å²) in [6.07, 6.45) is 0.240. The van der Waals surface area contributed by atoms with Crippen LogP contribution in [0.15, 0.2) is 24.3 Å². The maximum atomic E-state index is 12.3. The highest BCUT2D eigenvalue weighted by Gasteiger charge is 2.20. The number of benzene rings is 1. The predicted octanol–water partition coefficient (Wildman–Crippen LogP) is 4.26. The molecule has 0 heterocycles. The van der Waals surface area contributed by atoms with Gasteiger partial charge in [-0.15, -0.1) is 0 Å². The molecule has 0 aliphatic rings. The van der Waals surface area contributed by atoms with Crippen molar-refractivity contribution in [2.75, 3.05) is 13.2 Å². The van der Waals surface area contributed by atoms with E-state index in [4.69, 9.17) is 16.3 Å². The minimum absolute atomic E-state index is 0.0417. The number of hydrogen-bond acceptors (Lipinski definition) is 4. The molecule has 1 rings (SSSR count). The van der Waals surface area contributed by atoms with E-state index in [0.717, 1.165) is 5.56 Å². The molecule has 0 atom stereocenters. The van der Waals surface area contributed by atoms with E-state index in [1.807, 2.05) is 13.8 Å². The zero-order valence-electron chi connectivity index (χ0n) is 15.1. The van der Waals surface area contributed by atoms with E-state index < -0.39 is 6.09 Å². The summed E-state index contributed by atoms with van der Waals surface area (Å²) in [6, 6.07) is 7.07. The largest absolute Gasteiger partial charge is 0.449 e. The minimum Gasteiger partial charge on any atom is -0.449 e. The number of rotatable bonds is 10. The normalized spacial score (nSPS) is 10.6. The second-order valence-corrected chi connectivity index (χ2v) is 6.82. The van der Waals surface area contributed by atoms with Crippen LogP contribution in [0.3, 0.4) is 0 Å². The van der Waals surface area contributed by atoms with Gasteiger partial charge in [0, 0.05) is 30.8 Å². The van der Waals surface area contributed by atoms with Crippen molar-refractivity contribution in [2.24, 2.45) is 5.92 Å². The first-order chi connectivity index (χ1) is 11.8. The number of ketones is 2. The Labute approximate surface area is 154 Å². The molecule has 1 aromatic rings. The lowest BCUT2D eigenvalue weighted by molar-refractivity contribution is -0.124. The fourth-order valence-corrected chi connectivity index (χ4v) is 2.20. The molecule has 1 amide bonds. The van der Waals surface area contributed by atoms with Crippen molar-refractivity contribution in [3.63, 3.8) is 0 Å². The summed E-state index contributed by atoms with van der Waals surface area (Å²) < 4.78 is 5.25. The fourth-order valence-electron chi connectivity index (χ4n) is 2.07. The van der Waals surface area contributed by atoms with Gasteiger partial charge in [0.1, 0.15) is 5.78 Å². The molecule has 5 nitrogen and oxygen atoms in total. The van der Waals surface area contributed by atoms with Gasteiger partial charge in [-0.2, -0.15) is 0 Å². The second-order valence-electron chi connectivity index (χ2n) is 6.38. The maximum absolute atomic E-state index is 12.3. The summed E-state index contributed by atoms with van der Waals surface area (Å²) in [4.78, 5) is 37.2. The number of amides is 1. The molecule has 6 heteroatoms. The summed E-state index contributed by atoms with van der Waals surface area (Å²) in [5.41, 5.74) is 0.850. The van der Waals surface area contributed by atoms with E-state index in [9.17, 15) is 14.4 Å². The fraction of sp³-hybridized carbons (Fsp3) is 0.526. The molecule has 0 saturated carbocycles. The molecule has 1 aromatic carbocycles. The molecule has 0 N–H and O–H groups in total. The van der Waals surface area contributed by atoms with Gasteiger partial charge >= 0.3 is 6.09 Å². The van der Waals surface area contributed by atoms with Gasteiger partial charge in [-0.25, -0.2) is 4.79 Å². The quantitative estimate of drug-likeness (QED) is 0.619. The Morgan fingerprint density at radius 2 is 1.68 bits per heavy atom. The Hall–Kier alpha value is -1.88. The summed E-state index contributed by atoms with van der Waals surface area (Å²) in [5.74, 6) is 0.0939. The minimum atomic E-state index is -0.529. The molecule has 0 bridgehead atoms. The number of hydrogen-bond donors (Lipinski definition) is 0. The van der Waals surface area contributed by atoms with Crippen molar-refractivity contribution in [3.05, 3.63) is 34.9 Å². The highest BCUT2D eigenvalue weighted by atomic mass is 35.5. The van der Waals surface area contributed by atoms with Gasteiger partial charge in [-0.1, -0.05) is 44.5 Å². The van der Waals surface area contributed by atoms with Crippen LogP contribution < -0.4 is 0 Å². The molecule has 0 unspecified atom stereocenters. The SMILES string of the molecule is CCC(=O)CCC(=O)CN(Cc1ccc(Cl)cc1)C(=O)OCC(C)C. The number of Topliss-reactive ketones (excluding diaryl/α,β-unsaturated/α-hetero) is 2. The van der Waals surface area contributed by atoms with Crippen molar-refractivity contribution in [1.29, 1.82) is 0 Å². The van der Waals surface area contributed by atoms with Gasteiger partial charge in [-0.3, -0.25) is 14.5 Å². The summed E-state index contributed by atoms with van der Waals surface area (Å²) in [5, 5.41) is 0.604. The van der Waals surface area contributed by atoms with E-state index >= 15 is 0 Å². The topological polar surface area (TPSA) is 63.7 Å². The third kappa shape index (κ3) is 8.68. The Morgan fingerprint density at radius 3 is 2.24 bits per heavy atom. The first-order valence-corrected chi connectivity index (χ1v) is 8.89. The van der Waals surface area contributed by atoms with Gasteiger partial charge in [-0.05, 0) is 23.6 Å². The number of carbonyl (C=O) groups is 3. The molecule has 0 radical (unpaired) electrons. The summed E-state index contributed by atoms with van der Waals surface area (Å²) in [6.45, 7) is 6.12. The van der Waals surface area contributed by atoms with Crippen molar-refractivity contribution in [2.45, 2.75) is 46.6 Å². The second kappa shape index (κ2) is 10.9. The lowest BCUT2D eigenvalue weighted by Crippen LogP contribution is -2.36. The van der Waals surface area contributed by atoms with E-state index in [1.54, 1.807) is 31.2 Å². The first kappa shape index (κ1) is 21.2. The van der Waals surface area contributed by atoms with Crippen LogP contribution in [0.25, 0.3) is 0 Å². The Balaban J connectivity index is 2.72. The van der Waals surface area contributed by atoms with Crippen LogP contribution in [0.5, 0.6) is 0 Å². The van der Waals surface area contributed by atoms with Gasteiger partial charge in [0.05, 0.1) is 13.2 Å². The average Bonchev–Trinajstić information content (AvgIpc) is 2.58. The summed E-state index contributed by atoms with van der Waals surface area (Å²) in [7, 11) is 0. The van der Waals surface area contributed by atoms with Gasteiger partial charge in [0.25, 0.3) is 0 Å². The molecule has 0 fully saturated rings. The molecule has 0 saturated heterocycles. The molecule has 0 aromatic heterocycles. The highest BCUT2D eigenvalue weighted by molar-refractivity contribution is 6.30. The molecule has 0 spiro atoms. The van der Waals surface area contributed by atoms with Gasteiger partial charge < -0.3 is 4.74 Å². The van der Waals surface area contributed by atoms with E-state index in [0.29, 0.717) is 18.1 Å². The maximum Gasteiger partial charge on any atom is 0.410 e. The van der Waals surface area contributed by atoms with E-state index in [-0.39, 0.29) is 43.4 Å². The van der Waals surface area contributed by atoms with Crippen LogP contribution in [-0.2, 0) is 20.9 Å². The average molecular weight is 368 g/mol. The van der Waals surface area contributed by atoms with Crippen LogP contribution in [0.1, 0.15) is 45.6 Å². The third-order valence-electron chi connectivity index (χ3n) is 3.53. The third-order valence-corrected chi connectivity index (χ3v) is 3.78. The van der Waals surface area contributed by atoms with E-state index in [1.165, 1.54) is 4.90 Å². The van der Waals surface area contributed by atoms with Crippen molar-refractivity contribution >= 4 is 29.3 Å². The number of halogens is 1. The zero-order chi connectivity index (χ0) is 18.8. The molecule has 25 heavy (non-hydrogen) atoms. The predicted molar refractivity (Wildman–Crippen MR) is 97.6 cm³/mol. The molecular formula is C19H26ClNO4. The van der Waals surface area contributed by atoms with Crippen molar-refractivity contribution in [1.82, 2.24) is 4.90 Å². The van der Waals surface area contributed by atoms with Crippen molar-refractivity contribution in [3.8, 4) is 0 Å². The van der Waals surface area contributed by atoms with Gasteiger partial charge in [0.15, 0.2) is 5.78 Å². The number of ether oxygens (including phenoxy) is 1. The van der Waals surface area contributed by atoms with Crippen LogP contribution in [0.4, 0.5) is 4.79 Å². The molecular weight excluding hydrogens is 342 g/mol. The molecule has 138 valence electrons. The first-order valence-electron chi connectivity index (χ1n) is 8.51. The van der Waals surface area contributed by atoms with Crippen LogP contribution in [-0.4, -0.2) is 35.7 Å². The van der Waals surface area contributed by atoms with Crippen LogP contribution in [0.2, 0.25) is 5.02 Å². The highest BCUT2D eigenvalue weighted by Crippen LogP contribution is 2.13. The standard InChI is InChI=1S/C19H26ClNO4/c1-4-17(22)9-10-18(23)12-21(19(24)25-13-14(2)3)11-15-5-7-16(20)8-6-15/h5-8,14H,4,9-13H2,1-3H3. The van der Waals surface area contributed by atoms with Crippen LogP contribution >= 0.6 is 11.6 Å². The monoisotopic (exact) mass is 367 g/mol.